The maximum absolute atomic E-state index is 12.0. The number of carbonyl (C=O) groups excluding carboxylic acids is 1. The fourth-order valence-electron chi connectivity index (χ4n) is 1.89. The smallest absolute Gasteiger partial charge is 0.251 e. The van der Waals surface area contributed by atoms with E-state index in [-0.39, 0.29) is 5.91 Å². The first kappa shape index (κ1) is 16.5. The predicted octanol–water partition coefficient (Wildman–Crippen LogP) is 2.55. The topological polar surface area (TPSA) is 41.6 Å². The number of amides is 1. The highest BCUT2D eigenvalue weighted by Crippen LogP contribution is 2.12. The summed E-state index contributed by atoms with van der Waals surface area (Å²) in [5, 5.41) is 2.94. The maximum atomic E-state index is 12.0. The van der Waals surface area contributed by atoms with Gasteiger partial charge in [0.05, 0.1) is 6.61 Å². The van der Waals surface area contributed by atoms with Crippen LogP contribution < -0.4 is 10.1 Å². The van der Waals surface area contributed by atoms with Crippen molar-refractivity contribution >= 4 is 5.91 Å². The molecule has 1 rings (SSSR count). The maximum Gasteiger partial charge on any atom is 0.251 e. The van der Waals surface area contributed by atoms with E-state index >= 15 is 0 Å². The van der Waals surface area contributed by atoms with Crippen molar-refractivity contribution in [3.8, 4) is 5.75 Å². The number of likely N-dealkylation sites (N-methyl/N-ethyl adjacent to an activating group) is 1. The van der Waals surface area contributed by atoms with Gasteiger partial charge in [0.25, 0.3) is 5.91 Å². The molecule has 1 aromatic rings. The van der Waals surface area contributed by atoms with Gasteiger partial charge in [-0.15, -0.1) is 0 Å². The van der Waals surface area contributed by atoms with Crippen LogP contribution in [0.5, 0.6) is 5.75 Å². The van der Waals surface area contributed by atoms with Crippen molar-refractivity contribution in [2.45, 2.75) is 27.2 Å². The minimum absolute atomic E-state index is 0.0285. The van der Waals surface area contributed by atoms with Crippen LogP contribution in [0.3, 0.4) is 0 Å². The van der Waals surface area contributed by atoms with Crippen molar-refractivity contribution in [3.63, 3.8) is 0 Å². The first-order valence-electron chi connectivity index (χ1n) is 7.44. The van der Waals surface area contributed by atoms with Crippen LogP contribution in [0.4, 0.5) is 0 Å². The molecule has 4 heteroatoms. The van der Waals surface area contributed by atoms with Crippen molar-refractivity contribution in [1.29, 1.82) is 0 Å². The van der Waals surface area contributed by atoms with Crippen molar-refractivity contribution in [2.75, 3.05) is 32.8 Å². The number of hydrogen-bond acceptors (Lipinski definition) is 3. The van der Waals surface area contributed by atoms with Gasteiger partial charge in [-0.1, -0.05) is 20.8 Å². The molecule has 0 saturated carbocycles. The lowest BCUT2D eigenvalue weighted by atomic mass is 10.2. The number of rotatable bonds is 9. The Morgan fingerprint density at radius 1 is 1.15 bits per heavy atom. The summed E-state index contributed by atoms with van der Waals surface area (Å²) in [6, 6.07) is 7.29. The molecular weight excluding hydrogens is 252 g/mol. The van der Waals surface area contributed by atoms with Gasteiger partial charge in [-0.3, -0.25) is 4.79 Å². The lowest BCUT2D eigenvalue weighted by Crippen LogP contribution is -2.34. The third-order valence-electron chi connectivity index (χ3n) is 3.20. The zero-order valence-electron chi connectivity index (χ0n) is 12.8. The molecule has 0 heterocycles. The molecule has 0 aliphatic carbocycles. The van der Waals surface area contributed by atoms with E-state index in [1.54, 1.807) is 12.1 Å². The Kier molecular flexibility index (Phi) is 7.73. The van der Waals surface area contributed by atoms with Crippen LogP contribution in [0.15, 0.2) is 24.3 Å². The van der Waals surface area contributed by atoms with Gasteiger partial charge < -0.3 is 15.0 Å². The van der Waals surface area contributed by atoms with E-state index < -0.39 is 0 Å². The molecule has 1 amide bonds. The molecule has 0 spiro atoms. The summed E-state index contributed by atoms with van der Waals surface area (Å²) >= 11 is 0. The highest BCUT2D eigenvalue weighted by atomic mass is 16.5. The Morgan fingerprint density at radius 2 is 1.80 bits per heavy atom. The van der Waals surface area contributed by atoms with Crippen molar-refractivity contribution in [2.24, 2.45) is 0 Å². The minimum atomic E-state index is -0.0285. The van der Waals surface area contributed by atoms with Crippen LogP contribution >= 0.6 is 0 Å². The first-order chi connectivity index (χ1) is 9.71. The summed E-state index contributed by atoms with van der Waals surface area (Å²) in [7, 11) is 0. The second-order valence-corrected chi connectivity index (χ2v) is 4.66. The number of benzene rings is 1. The van der Waals surface area contributed by atoms with Gasteiger partial charge in [-0.25, -0.2) is 0 Å². The van der Waals surface area contributed by atoms with Gasteiger partial charge >= 0.3 is 0 Å². The van der Waals surface area contributed by atoms with E-state index in [4.69, 9.17) is 4.74 Å². The molecule has 1 N–H and O–H groups in total. The molecule has 4 nitrogen and oxygen atoms in total. The van der Waals surface area contributed by atoms with Gasteiger partial charge in [0.15, 0.2) is 0 Å². The average molecular weight is 278 g/mol. The summed E-state index contributed by atoms with van der Waals surface area (Å²) in [4.78, 5) is 14.2. The second kappa shape index (κ2) is 9.37. The Hall–Kier alpha value is -1.55. The van der Waals surface area contributed by atoms with Crippen LogP contribution in [0.1, 0.15) is 37.6 Å². The SMILES string of the molecule is CCCOc1ccc(C(=O)NCCN(CC)CC)cc1. The van der Waals surface area contributed by atoms with Gasteiger partial charge in [0, 0.05) is 18.7 Å². The lowest BCUT2D eigenvalue weighted by Gasteiger charge is -2.17. The van der Waals surface area contributed by atoms with Crippen molar-refractivity contribution in [3.05, 3.63) is 29.8 Å². The molecule has 0 atom stereocenters. The number of hydrogen-bond donors (Lipinski definition) is 1. The summed E-state index contributed by atoms with van der Waals surface area (Å²) in [5.41, 5.74) is 0.674. The number of nitrogens with one attached hydrogen (secondary N) is 1. The molecule has 0 aliphatic rings. The Balaban J connectivity index is 2.39. The minimum Gasteiger partial charge on any atom is -0.494 e. The third-order valence-corrected chi connectivity index (χ3v) is 3.20. The molecule has 0 saturated heterocycles. The number of ether oxygens (including phenoxy) is 1. The van der Waals surface area contributed by atoms with Gasteiger partial charge in [-0.05, 0) is 43.8 Å². The standard InChI is InChI=1S/C16H26N2O2/c1-4-13-20-15-9-7-14(8-10-15)16(19)17-11-12-18(5-2)6-3/h7-10H,4-6,11-13H2,1-3H3,(H,17,19). The zero-order valence-corrected chi connectivity index (χ0v) is 12.8. The second-order valence-electron chi connectivity index (χ2n) is 4.66. The summed E-state index contributed by atoms with van der Waals surface area (Å²) in [5.74, 6) is 0.783. The monoisotopic (exact) mass is 278 g/mol. The summed E-state index contributed by atoms with van der Waals surface area (Å²) in [6.45, 7) is 10.6. The molecule has 0 fully saturated rings. The summed E-state index contributed by atoms with van der Waals surface area (Å²) in [6.07, 6.45) is 0.980. The molecule has 0 aromatic heterocycles. The van der Waals surface area contributed by atoms with Crippen LogP contribution in [-0.4, -0.2) is 43.6 Å². The Labute approximate surface area is 122 Å². The van der Waals surface area contributed by atoms with E-state index in [0.29, 0.717) is 18.7 Å². The Morgan fingerprint density at radius 3 is 2.35 bits per heavy atom. The van der Waals surface area contributed by atoms with Crippen LogP contribution in [0.2, 0.25) is 0 Å². The molecule has 20 heavy (non-hydrogen) atoms. The highest BCUT2D eigenvalue weighted by Gasteiger charge is 2.06. The van der Waals surface area contributed by atoms with Crippen LogP contribution in [0, 0.1) is 0 Å². The zero-order chi connectivity index (χ0) is 14.8. The quantitative estimate of drug-likeness (QED) is 0.755. The third kappa shape index (κ3) is 5.61. The lowest BCUT2D eigenvalue weighted by molar-refractivity contribution is 0.0949. The molecule has 0 unspecified atom stereocenters. The van der Waals surface area contributed by atoms with E-state index in [1.165, 1.54) is 0 Å². The van der Waals surface area contributed by atoms with Gasteiger partial charge in [-0.2, -0.15) is 0 Å². The number of nitrogens with zero attached hydrogens (tertiary/aromatic N) is 1. The van der Waals surface area contributed by atoms with Crippen LogP contribution in [0.25, 0.3) is 0 Å². The van der Waals surface area contributed by atoms with Gasteiger partial charge in [0.1, 0.15) is 5.75 Å². The number of carbonyl (C=O) groups is 1. The van der Waals surface area contributed by atoms with Gasteiger partial charge in [0.2, 0.25) is 0 Å². The molecule has 112 valence electrons. The molecular formula is C16H26N2O2. The predicted molar refractivity (Wildman–Crippen MR) is 82.3 cm³/mol. The van der Waals surface area contributed by atoms with Crippen molar-refractivity contribution < 1.29 is 9.53 Å². The van der Waals surface area contributed by atoms with E-state index in [0.717, 1.165) is 31.8 Å². The van der Waals surface area contributed by atoms with Crippen molar-refractivity contribution in [1.82, 2.24) is 10.2 Å². The fourth-order valence-corrected chi connectivity index (χ4v) is 1.89. The van der Waals surface area contributed by atoms with E-state index in [9.17, 15) is 4.79 Å². The molecule has 1 aromatic carbocycles. The van der Waals surface area contributed by atoms with E-state index in [1.807, 2.05) is 12.1 Å². The summed E-state index contributed by atoms with van der Waals surface area (Å²) < 4.78 is 5.49. The normalized spacial score (nSPS) is 10.6. The largest absolute Gasteiger partial charge is 0.494 e. The fraction of sp³-hybridized carbons (Fsp3) is 0.562. The molecule has 0 bridgehead atoms. The molecule has 0 radical (unpaired) electrons. The van der Waals surface area contributed by atoms with E-state index in [2.05, 4.69) is 31.0 Å². The highest BCUT2D eigenvalue weighted by molar-refractivity contribution is 5.94. The Bertz CT molecular complexity index is 386. The average Bonchev–Trinajstić information content (AvgIpc) is 2.50. The molecule has 0 aliphatic heterocycles. The van der Waals surface area contributed by atoms with Crippen LogP contribution in [-0.2, 0) is 0 Å². The first-order valence-corrected chi connectivity index (χ1v) is 7.44.